The van der Waals surface area contributed by atoms with Crippen LogP contribution in [0.1, 0.15) is 23.4 Å². The summed E-state index contributed by atoms with van der Waals surface area (Å²) in [7, 11) is 1.35. The summed E-state index contributed by atoms with van der Waals surface area (Å²) in [5.41, 5.74) is 0. The maximum atomic E-state index is 12.8. The molecule has 1 aromatic rings. The summed E-state index contributed by atoms with van der Waals surface area (Å²) in [6, 6.07) is -0.409. The van der Waals surface area contributed by atoms with Gasteiger partial charge in [0.25, 0.3) is 5.91 Å². The maximum absolute atomic E-state index is 12.8. The number of amides is 4. The first kappa shape index (κ1) is 28.0. The van der Waals surface area contributed by atoms with Gasteiger partial charge >= 0.3 is 11.9 Å². The molecule has 15 heteroatoms. The standard InChI is InChI=1S/C22H28N4O10S/c1-35-9-17(27)23-12-5-14(21(31)32)25(7-12)18(28)10-37-11-19(29)26-8-13(6-15(26)22(33)34)24-20(30)16-3-2-4-36-16/h2-4,12-15H,5-11H2,1H3,(H,23,27)(H,24,30)(H,31,32)(H,33,34)/t12-,13-,14-,15-/m0/s1. The molecule has 2 aliphatic rings. The number of carbonyl (C=O) groups excluding carboxylic acids is 4. The number of furan rings is 1. The van der Waals surface area contributed by atoms with E-state index in [4.69, 9.17) is 9.15 Å². The minimum Gasteiger partial charge on any atom is -0.480 e. The van der Waals surface area contributed by atoms with E-state index in [1.165, 1.54) is 25.5 Å². The first-order valence-electron chi connectivity index (χ1n) is 11.4. The van der Waals surface area contributed by atoms with Crippen LogP contribution in [0.5, 0.6) is 0 Å². The second kappa shape index (κ2) is 12.6. The fourth-order valence-corrected chi connectivity index (χ4v) is 5.14. The van der Waals surface area contributed by atoms with Crippen molar-refractivity contribution in [1.82, 2.24) is 20.4 Å². The minimum atomic E-state index is -1.22. The van der Waals surface area contributed by atoms with Crippen LogP contribution < -0.4 is 10.6 Å². The van der Waals surface area contributed by atoms with Crippen LogP contribution in [0.25, 0.3) is 0 Å². The Kier molecular flexibility index (Phi) is 9.52. The van der Waals surface area contributed by atoms with Gasteiger partial charge in [0.2, 0.25) is 17.7 Å². The fourth-order valence-electron chi connectivity index (χ4n) is 4.36. The van der Waals surface area contributed by atoms with Gasteiger partial charge in [-0.3, -0.25) is 19.2 Å². The molecule has 14 nitrogen and oxygen atoms in total. The normalized spacial score (nSPS) is 23.1. The average molecular weight is 541 g/mol. The molecule has 0 aliphatic carbocycles. The van der Waals surface area contributed by atoms with E-state index in [1.54, 1.807) is 0 Å². The molecule has 37 heavy (non-hydrogen) atoms. The lowest BCUT2D eigenvalue weighted by Crippen LogP contribution is -2.44. The Bertz CT molecular complexity index is 1030. The van der Waals surface area contributed by atoms with Crippen molar-refractivity contribution in [3.8, 4) is 0 Å². The Morgan fingerprint density at radius 3 is 1.97 bits per heavy atom. The van der Waals surface area contributed by atoms with Gasteiger partial charge in [-0.05, 0) is 12.1 Å². The first-order chi connectivity index (χ1) is 17.6. The number of carboxylic acids is 2. The molecule has 0 radical (unpaired) electrons. The molecule has 4 amide bonds. The van der Waals surface area contributed by atoms with Crippen molar-refractivity contribution in [2.45, 2.75) is 37.0 Å². The number of ether oxygens (including phenoxy) is 1. The Morgan fingerprint density at radius 1 is 0.973 bits per heavy atom. The van der Waals surface area contributed by atoms with Gasteiger partial charge < -0.3 is 39.8 Å². The van der Waals surface area contributed by atoms with Crippen molar-refractivity contribution >= 4 is 47.3 Å². The molecule has 0 saturated carbocycles. The van der Waals surface area contributed by atoms with Crippen molar-refractivity contribution < 1.29 is 48.1 Å². The second-order valence-corrected chi connectivity index (χ2v) is 9.60. The number of thioether (sulfide) groups is 1. The molecule has 2 aliphatic heterocycles. The second-order valence-electron chi connectivity index (χ2n) is 8.61. The third kappa shape index (κ3) is 7.22. The molecule has 0 spiro atoms. The van der Waals surface area contributed by atoms with Crippen molar-refractivity contribution in [2.24, 2.45) is 0 Å². The number of hydrogen-bond donors (Lipinski definition) is 4. The van der Waals surface area contributed by atoms with Crippen LogP contribution >= 0.6 is 11.8 Å². The molecule has 4 N–H and O–H groups in total. The molecule has 2 fully saturated rings. The lowest BCUT2D eigenvalue weighted by Gasteiger charge is -2.23. The highest BCUT2D eigenvalue weighted by atomic mass is 32.2. The van der Waals surface area contributed by atoms with Gasteiger partial charge in [-0.25, -0.2) is 9.59 Å². The quantitative estimate of drug-likeness (QED) is 0.258. The van der Waals surface area contributed by atoms with Crippen molar-refractivity contribution in [3.63, 3.8) is 0 Å². The molecular formula is C22H28N4O10S. The lowest BCUT2D eigenvalue weighted by molar-refractivity contribution is -0.147. The topological polar surface area (TPSA) is 196 Å². The highest BCUT2D eigenvalue weighted by Crippen LogP contribution is 2.22. The molecule has 0 aromatic carbocycles. The van der Waals surface area contributed by atoms with Gasteiger partial charge in [0.05, 0.1) is 17.8 Å². The number of likely N-dealkylation sites (tertiary alicyclic amines) is 2. The summed E-state index contributed by atoms with van der Waals surface area (Å²) < 4.78 is 9.75. The lowest BCUT2D eigenvalue weighted by atomic mass is 10.1. The number of carboxylic acid groups (broad SMARTS) is 2. The zero-order valence-corrected chi connectivity index (χ0v) is 20.8. The Labute approximate surface area is 215 Å². The fraction of sp³-hybridized carbons (Fsp3) is 0.545. The minimum absolute atomic E-state index is 0.00399. The van der Waals surface area contributed by atoms with Crippen LogP contribution in [0.2, 0.25) is 0 Å². The van der Waals surface area contributed by atoms with Gasteiger partial charge in [-0.1, -0.05) is 0 Å². The van der Waals surface area contributed by atoms with Crippen LogP contribution in [-0.2, 0) is 28.7 Å². The zero-order chi connectivity index (χ0) is 27.1. The predicted molar refractivity (Wildman–Crippen MR) is 127 cm³/mol. The molecule has 1 aromatic heterocycles. The predicted octanol–water partition coefficient (Wildman–Crippen LogP) is -1.39. The smallest absolute Gasteiger partial charge is 0.326 e. The van der Waals surface area contributed by atoms with E-state index in [2.05, 4.69) is 10.6 Å². The number of nitrogens with zero attached hydrogens (tertiary/aromatic N) is 2. The maximum Gasteiger partial charge on any atom is 0.326 e. The highest BCUT2D eigenvalue weighted by Gasteiger charge is 2.42. The SMILES string of the molecule is COCC(=O)N[C@H]1C[C@@H](C(=O)O)N(C(=O)CSCC(=O)N2C[C@@H](NC(=O)c3ccco3)C[C@H]2C(=O)O)C1. The first-order valence-corrected chi connectivity index (χ1v) is 12.5. The third-order valence-electron chi connectivity index (χ3n) is 5.98. The van der Waals surface area contributed by atoms with Crippen LogP contribution in [0, 0.1) is 0 Å². The van der Waals surface area contributed by atoms with E-state index >= 15 is 0 Å². The number of nitrogens with one attached hydrogen (secondary N) is 2. The molecule has 202 valence electrons. The average Bonchev–Trinajstić information content (AvgIpc) is 3.58. The largest absolute Gasteiger partial charge is 0.480 e. The Morgan fingerprint density at radius 2 is 1.51 bits per heavy atom. The van der Waals surface area contributed by atoms with E-state index in [0.29, 0.717) is 0 Å². The number of aliphatic carboxylic acids is 2. The van der Waals surface area contributed by atoms with Crippen LogP contribution in [-0.4, -0.2) is 118 Å². The molecule has 0 bridgehead atoms. The summed E-state index contributed by atoms with van der Waals surface area (Å²) >= 11 is 0.929. The number of carbonyl (C=O) groups is 6. The molecule has 3 heterocycles. The van der Waals surface area contributed by atoms with Gasteiger partial charge in [-0.15, -0.1) is 11.8 Å². The monoisotopic (exact) mass is 540 g/mol. The molecule has 3 rings (SSSR count). The van der Waals surface area contributed by atoms with E-state index in [9.17, 15) is 39.0 Å². The van der Waals surface area contributed by atoms with E-state index in [-0.39, 0.29) is 49.8 Å². The molecule has 4 atom stereocenters. The number of methoxy groups -OCH3 is 1. The van der Waals surface area contributed by atoms with Crippen LogP contribution in [0.4, 0.5) is 0 Å². The zero-order valence-electron chi connectivity index (χ0n) is 20.0. The van der Waals surface area contributed by atoms with Crippen LogP contribution in [0.3, 0.4) is 0 Å². The number of rotatable bonds is 11. The van der Waals surface area contributed by atoms with Gasteiger partial charge in [0, 0.05) is 45.1 Å². The number of hydrogen-bond acceptors (Lipinski definition) is 9. The van der Waals surface area contributed by atoms with Gasteiger partial charge in [0.1, 0.15) is 18.7 Å². The van der Waals surface area contributed by atoms with Gasteiger partial charge in [0.15, 0.2) is 5.76 Å². The summed E-state index contributed by atoms with van der Waals surface area (Å²) in [5.74, 6) is -4.78. The van der Waals surface area contributed by atoms with E-state index in [0.717, 1.165) is 21.6 Å². The molecule has 0 unspecified atom stereocenters. The summed E-state index contributed by atoms with van der Waals surface area (Å²) in [5, 5.41) is 24.3. The summed E-state index contributed by atoms with van der Waals surface area (Å²) in [4.78, 5) is 75.0. The highest BCUT2D eigenvalue weighted by molar-refractivity contribution is 8.00. The van der Waals surface area contributed by atoms with Gasteiger partial charge in [-0.2, -0.15) is 0 Å². The summed E-state index contributed by atoms with van der Waals surface area (Å²) in [6.45, 7) is -0.210. The van der Waals surface area contributed by atoms with Crippen molar-refractivity contribution in [2.75, 3.05) is 38.3 Å². The van der Waals surface area contributed by atoms with E-state index < -0.39 is 59.7 Å². The van der Waals surface area contributed by atoms with Crippen LogP contribution in [0.15, 0.2) is 22.8 Å². The molecule has 2 saturated heterocycles. The third-order valence-corrected chi connectivity index (χ3v) is 6.89. The Hall–Kier alpha value is -3.59. The summed E-state index contributed by atoms with van der Waals surface area (Å²) in [6.07, 6.45) is 1.39. The van der Waals surface area contributed by atoms with Crippen molar-refractivity contribution in [3.05, 3.63) is 24.2 Å². The molecular weight excluding hydrogens is 512 g/mol. The van der Waals surface area contributed by atoms with Crippen molar-refractivity contribution in [1.29, 1.82) is 0 Å². The van der Waals surface area contributed by atoms with E-state index in [1.807, 2.05) is 0 Å². The Balaban J connectivity index is 1.51.